The third kappa shape index (κ3) is 5.57. The lowest BCUT2D eigenvalue weighted by molar-refractivity contribution is 0.0389. The lowest BCUT2D eigenvalue weighted by Gasteiger charge is -2.26. The highest BCUT2D eigenvalue weighted by Crippen LogP contribution is 2.16. The molecule has 0 unspecified atom stereocenters. The van der Waals surface area contributed by atoms with E-state index < -0.39 is 0 Å². The number of morpholine rings is 1. The van der Waals surface area contributed by atoms with Gasteiger partial charge < -0.3 is 20.4 Å². The Labute approximate surface area is 154 Å². The van der Waals surface area contributed by atoms with Gasteiger partial charge in [-0.2, -0.15) is 0 Å². The predicted octanol–water partition coefficient (Wildman–Crippen LogP) is 1.46. The van der Waals surface area contributed by atoms with Crippen LogP contribution in [0.5, 0.6) is 0 Å². The van der Waals surface area contributed by atoms with Crippen LogP contribution in [0.2, 0.25) is 0 Å². The molecule has 26 heavy (non-hydrogen) atoms. The standard InChI is InChI=1S/C19H28N6O/c1-2-20-19(21-8-9-25-10-12-26-13-11-25)23-15-18-22-14-17(24-18)16-6-4-3-5-7-16/h3-7,14H,2,8-13,15H2,1H3,(H,22,24)(H2,20,21,23). The highest BCUT2D eigenvalue weighted by atomic mass is 16.5. The number of guanidine groups is 1. The van der Waals surface area contributed by atoms with E-state index >= 15 is 0 Å². The van der Waals surface area contributed by atoms with Crippen molar-refractivity contribution >= 4 is 5.96 Å². The van der Waals surface area contributed by atoms with Gasteiger partial charge in [-0.25, -0.2) is 9.98 Å². The summed E-state index contributed by atoms with van der Waals surface area (Å²) < 4.78 is 5.38. The molecule has 1 saturated heterocycles. The molecule has 0 spiro atoms. The van der Waals surface area contributed by atoms with Gasteiger partial charge in [-0.1, -0.05) is 30.3 Å². The summed E-state index contributed by atoms with van der Waals surface area (Å²) in [7, 11) is 0. The van der Waals surface area contributed by atoms with E-state index in [2.05, 4.69) is 49.6 Å². The smallest absolute Gasteiger partial charge is 0.191 e. The first-order chi connectivity index (χ1) is 12.8. The summed E-state index contributed by atoms with van der Waals surface area (Å²) in [5, 5.41) is 6.67. The molecule has 1 aromatic carbocycles. The topological polar surface area (TPSA) is 77.6 Å². The van der Waals surface area contributed by atoms with Crippen LogP contribution >= 0.6 is 0 Å². The van der Waals surface area contributed by atoms with Crippen molar-refractivity contribution < 1.29 is 4.74 Å². The monoisotopic (exact) mass is 356 g/mol. The minimum Gasteiger partial charge on any atom is -0.379 e. The molecule has 0 radical (unpaired) electrons. The number of ether oxygens (including phenoxy) is 1. The minimum atomic E-state index is 0.514. The first-order valence-electron chi connectivity index (χ1n) is 9.26. The number of hydrogen-bond donors (Lipinski definition) is 3. The van der Waals surface area contributed by atoms with E-state index in [1.54, 1.807) is 0 Å². The Morgan fingerprint density at radius 1 is 1.23 bits per heavy atom. The van der Waals surface area contributed by atoms with Crippen LogP contribution in [0.3, 0.4) is 0 Å². The molecule has 7 heteroatoms. The molecule has 1 aliphatic rings. The van der Waals surface area contributed by atoms with Gasteiger partial charge in [0.2, 0.25) is 0 Å². The van der Waals surface area contributed by atoms with Crippen molar-refractivity contribution in [2.75, 3.05) is 45.9 Å². The summed E-state index contributed by atoms with van der Waals surface area (Å²) in [5.41, 5.74) is 2.15. The van der Waals surface area contributed by atoms with Crippen molar-refractivity contribution in [2.45, 2.75) is 13.5 Å². The molecule has 1 aromatic heterocycles. The fraction of sp³-hybridized carbons (Fsp3) is 0.474. The van der Waals surface area contributed by atoms with E-state index in [0.29, 0.717) is 6.54 Å². The SMILES string of the molecule is CCNC(=NCc1ncc(-c2ccccc2)[nH]1)NCCN1CCOCC1. The number of aliphatic imine (C=N–C) groups is 1. The number of H-pyrrole nitrogens is 1. The quantitative estimate of drug-likeness (QED) is 0.517. The third-order valence-electron chi connectivity index (χ3n) is 4.27. The van der Waals surface area contributed by atoms with Crippen LogP contribution in [-0.4, -0.2) is 66.8 Å². The number of aromatic amines is 1. The fourth-order valence-corrected chi connectivity index (χ4v) is 2.86. The Hall–Kier alpha value is -2.38. The Kier molecular flexibility index (Phi) is 7.04. The van der Waals surface area contributed by atoms with E-state index in [1.807, 2.05) is 24.4 Å². The lowest BCUT2D eigenvalue weighted by Crippen LogP contribution is -2.44. The molecule has 3 rings (SSSR count). The molecule has 1 fully saturated rings. The first kappa shape index (κ1) is 18.4. The van der Waals surface area contributed by atoms with E-state index in [9.17, 15) is 0 Å². The van der Waals surface area contributed by atoms with Crippen LogP contribution in [-0.2, 0) is 11.3 Å². The van der Waals surface area contributed by atoms with E-state index in [4.69, 9.17) is 4.74 Å². The maximum absolute atomic E-state index is 5.38. The van der Waals surface area contributed by atoms with Crippen LogP contribution in [0.4, 0.5) is 0 Å². The molecule has 0 aliphatic carbocycles. The van der Waals surface area contributed by atoms with Gasteiger partial charge in [0, 0.05) is 32.7 Å². The van der Waals surface area contributed by atoms with E-state index in [0.717, 1.165) is 69.0 Å². The van der Waals surface area contributed by atoms with Crippen LogP contribution in [0, 0.1) is 0 Å². The molecule has 0 amide bonds. The Bertz CT molecular complexity index is 678. The van der Waals surface area contributed by atoms with Crippen LogP contribution in [0.1, 0.15) is 12.7 Å². The molecule has 2 aromatic rings. The molecule has 1 aliphatic heterocycles. The maximum Gasteiger partial charge on any atom is 0.191 e. The van der Waals surface area contributed by atoms with Crippen LogP contribution in [0.15, 0.2) is 41.5 Å². The highest BCUT2D eigenvalue weighted by molar-refractivity contribution is 5.79. The molecule has 0 atom stereocenters. The summed E-state index contributed by atoms with van der Waals surface area (Å²) in [5.74, 6) is 1.67. The van der Waals surface area contributed by atoms with Gasteiger partial charge in [0.15, 0.2) is 5.96 Å². The van der Waals surface area contributed by atoms with Crippen molar-refractivity contribution in [2.24, 2.45) is 4.99 Å². The molecule has 3 N–H and O–H groups in total. The predicted molar refractivity (Wildman–Crippen MR) is 104 cm³/mol. The Morgan fingerprint density at radius 2 is 2.04 bits per heavy atom. The largest absolute Gasteiger partial charge is 0.379 e. The summed E-state index contributed by atoms with van der Waals surface area (Å²) in [6, 6.07) is 10.2. The minimum absolute atomic E-state index is 0.514. The second-order valence-electron chi connectivity index (χ2n) is 6.19. The van der Waals surface area contributed by atoms with Gasteiger partial charge in [0.25, 0.3) is 0 Å². The molecular weight excluding hydrogens is 328 g/mol. The molecule has 140 valence electrons. The Morgan fingerprint density at radius 3 is 2.81 bits per heavy atom. The summed E-state index contributed by atoms with van der Waals surface area (Å²) in [6.07, 6.45) is 1.86. The average molecular weight is 356 g/mol. The molecule has 2 heterocycles. The van der Waals surface area contributed by atoms with Crippen molar-refractivity contribution in [3.05, 3.63) is 42.4 Å². The zero-order valence-corrected chi connectivity index (χ0v) is 15.4. The zero-order valence-electron chi connectivity index (χ0n) is 15.4. The normalized spacial score (nSPS) is 15.8. The van der Waals surface area contributed by atoms with Crippen LogP contribution in [0.25, 0.3) is 11.3 Å². The number of nitrogens with one attached hydrogen (secondary N) is 3. The zero-order chi connectivity index (χ0) is 18.0. The molecule has 7 nitrogen and oxygen atoms in total. The van der Waals surface area contributed by atoms with Gasteiger partial charge in [-0.15, -0.1) is 0 Å². The Balaban J connectivity index is 1.51. The second-order valence-corrected chi connectivity index (χ2v) is 6.19. The van der Waals surface area contributed by atoms with Gasteiger partial charge in [0.05, 0.1) is 25.1 Å². The van der Waals surface area contributed by atoms with Crippen molar-refractivity contribution in [3.63, 3.8) is 0 Å². The van der Waals surface area contributed by atoms with Gasteiger partial charge in [0.1, 0.15) is 12.4 Å². The average Bonchev–Trinajstić information content (AvgIpc) is 3.17. The summed E-state index contributed by atoms with van der Waals surface area (Å²) in [6.45, 7) is 8.93. The second kappa shape index (κ2) is 9.94. The molecule has 0 saturated carbocycles. The van der Waals surface area contributed by atoms with Gasteiger partial charge in [-0.05, 0) is 12.5 Å². The molecule has 0 bridgehead atoms. The van der Waals surface area contributed by atoms with Crippen molar-refractivity contribution in [3.8, 4) is 11.3 Å². The number of rotatable bonds is 7. The molecular formula is C19H28N6O. The van der Waals surface area contributed by atoms with Crippen molar-refractivity contribution in [1.29, 1.82) is 0 Å². The van der Waals surface area contributed by atoms with E-state index in [-0.39, 0.29) is 0 Å². The number of nitrogens with zero attached hydrogens (tertiary/aromatic N) is 3. The first-order valence-corrected chi connectivity index (χ1v) is 9.26. The van der Waals surface area contributed by atoms with Crippen molar-refractivity contribution in [1.82, 2.24) is 25.5 Å². The lowest BCUT2D eigenvalue weighted by atomic mass is 10.2. The van der Waals surface area contributed by atoms with E-state index in [1.165, 1.54) is 0 Å². The number of benzene rings is 1. The number of imidazole rings is 1. The van der Waals surface area contributed by atoms with Gasteiger partial charge >= 0.3 is 0 Å². The summed E-state index contributed by atoms with van der Waals surface area (Å²) >= 11 is 0. The maximum atomic E-state index is 5.38. The third-order valence-corrected chi connectivity index (χ3v) is 4.27. The van der Waals surface area contributed by atoms with Gasteiger partial charge in [-0.3, -0.25) is 4.90 Å². The summed E-state index contributed by atoms with van der Waals surface area (Å²) in [4.78, 5) is 14.8. The number of aromatic nitrogens is 2. The van der Waals surface area contributed by atoms with Crippen LogP contribution < -0.4 is 10.6 Å². The fourth-order valence-electron chi connectivity index (χ4n) is 2.86. The highest BCUT2D eigenvalue weighted by Gasteiger charge is 2.09. The number of hydrogen-bond acceptors (Lipinski definition) is 4.